The molecule has 0 spiro atoms. The maximum Gasteiger partial charge on any atom is 0.329 e. The maximum absolute atomic E-state index is 11.6. The molecule has 0 heterocycles. The minimum atomic E-state index is -0.546. The van der Waals surface area contributed by atoms with E-state index < -0.39 is 11.9 Å². The van der Waals surface area contributed by atoms with Gasteiger partial charge in [0.1, 0.15) is 0 Å². The number of hydrogen-bond acceptors (Lipinski definition) is 3. The highest BCUT2D eigenvalue weighted by Crippen LogP contribution is 2.16. The van der Waals surface area contributed by atoms with E-state index in [1.165, 1.54) is 6.92 Å². The van der Waals surface area contributed by atoms with Crippen molar-refractivity contribution in [1.82, 2.24) is 5.48 Å². The molecule has 0 aromatic heterocycles. The molecule has 4 nitrogen and oxygen atoms in total. The van der Waals surface area contributed by atoms with Crippen molar-refractivity contribution in [1.29, 1.82) is 0 Å². The fraction of sp³-hybridized carbons (Fsp3) is 0.333. The van der Waals surface area contributed by atoms with Crippen LogP contribution in [0.3, 0.4) is 0 Å². The smallest absolute Gasteiger partial charge is 0.329 e. The first-order valence-corrected chi connectivity index (χ1v) is 4.98. The number of hydroxylamine groups is 1. The van der Waals surface area contributed by atoms with Crippen molar-refractivity contribution in [3.8, 4) is 0 Å². The lowest BCUT2D eigenvalue weighted by Gasteiger charge is -2.10. The maximum atomic E-state index is 11.6. The van der Waals surface area contributed by atoms with Crippen LogP contribution in [-0.2, 0) is 9.63 Å². The molecule has 1 N–H and O–H groups in total. The van der Waals surface area contributed by atoms with E-state index in [0.29, 0.717) is 5.56 Å². The second kappa shape index (κ2) is 4.79. The molecule has 1 amide bonds. The van der Waals surface area contributed by atoms with Gasteiger partial charge in [0.2, 0.25) is 0 Å². The predicted molar refractivity (Wildman–Crippen MR) is 59.9 cm³/mol. The minimum Gasteiger partial charge on any atom is -0.341 e. The molecule has 0 atom stereocenters. The molecule has 1 rings (SSSR count). The van der Waals surface area contributed by atoms with E-state index >= 15 is 0 Å². The van der Waals surface area contributed by atoms with E-state index in [1.807, 2.05) is 26.8 Å². The number of rotatable bonds is 1. The predicted octanol–water partition coefficient (Wildman–Crippen LogP) is 1.82. The molecule has 86 valence electrons. The van der Waals surface area contributed by atoms with Crippen LogP contribution >= 0.6 is 0 Å². The third-order valence-electron chi connectivity index (χ3n) is 2.59. The summed E-state index contributed by atoms with van der Waals surface area (Å²) in [5.41, 5.74) is 5.70. The zero-order valence-corrected chi connectivity index (χ0v) is 9.88. The SMILES string of the molecule is CC(=O)ONC(=O)c1ccc(C)c(C)c1C. The number of aryl methyl sites for hydroxylation is 1. The first-order valence-electron chi connectivity index (χ1n) is 4.98. The number of amides is 1. The molecular formula is C12H15NO3. The van der Waals surface area contributed by atoms with E-state index in [-0.39, 0.29) is 0 Å². The van der Waals surface area contributed by atoms with Crippen LogP contribution in [0.15, 0.2) is 12.1 Å². The Labute approximate surface area is 94.6 Å². The summed E-state index contributed by atoms with van der Waals surface area (Å²) in [4.78, 5) is 26.6. The van der Waals surface area contributed by atoms with Crippen molar-refractivity contribution in [2.24, 2.45) is 0 Å². The quantitative estimate of drug-likeness (QED) is 0.736. The Morgan fingerprint density at radius 1 is 1.12 bits per heavy atom. The van der Waals surface area contributed by atoms with Crippen LogP contribution < -0.4 is 5.48 Å². The fourth-order valence-corrected chi connectivity index (χ4v) is 1.38. The molecular weight excluding hydrogens is 206 g/mol. The Bertz CT molecular complexity index is 438. The fourth-order valence-electron chi connectivity index (χ4n) is 1.38. The first kappa shape index (κ1) is 12.2. The number of carbonyl (C=O) groups is 2. The Morgan fingerprint density at radius 2 is 1.75 bits per heavy atom. The highest BCUT2D eigenvalue weighted by molar-refractivity contribution is 5.95. The van der Waals surface area contributed by atoms with Crippen LogP contribution in [-0.4, -0.2) is 11.9 Å². The van der Waals surface area contributed by atoms with E-state index in [2.05, 4.69) is 10.3 Å². The molecule has 0 saturated heterocycles. The molecule has 0 saturated carbocycles. The number of benzene rings is 1. The lowest BCUT2D eigenvalue weighted by atomic mass is 9.99. The Morgan fingerprint density at radius 3 is 2.31 bits per heavy atom. The van der Waals surface area contributed by atoms with Crippen LogP contribution in [0.4, 0.5) is 0 Å². The van der Waals surface area contributed by atoms with Gasteiger partial charge in [-0.05, 0) is 43.5 Å². The molecule has 4 heteroatoms. The molecule has 0 radical (unpaired) electrons. The Kier molecular flexibility index (Phi) is 3.66. The number of carbonyl (C=O) groups excluding carboxylic acids is 2. The topological polar surface area (TPSA) is 55.4 Å². The molecule has 0 aliphatic rings. The molecule has 0 fully saturated rings. The first-order chi connectivity index (χ1) is 7.43. The van der Waals surface area contributed by atoms with Crippen LogP contribution in [0.1, 0.15) is 34.0 Å². The van der Waals surface area contributed by atoms with Gasteiger partial charge in [0.15, 0.2) is 0 Å². The molecule has 1 aromatic carbocycles. The van der Waals surface area contributed by atoms with E-state index in [1.54, 1.807) is 6.07 Å². The molecule has 0 unspecified atom stereocenters. The summed E-state index contributed by atoms with van der Waals surface area (Å²) in [6.45, 7) is 7.03. The summed E-state index contributed by atoms with van der Waals surface area (Å²) < 4.78 is 0. The summed E-state index contributed by atoms with van der Waals surface area (Å²) in [7, 11) is 0. The lowest BCUT2D eigenvalue weighted by molar-refractivity contribution is -0.146. The van der Waals surface area contributed by atoms with Gasteiger partial charge < -0.3 is 4.84 Å². The van der Waals surface area contributed by atoms with Crippen molar-refractivity contribution >= 4 is 11.9 Å². The van der Waals surface area contributed by atoms with Crippen LogP contribution in [0.2, 0.25) is 0 Å². The molecule has 1 aromatic rings. The van der Waals surface area contributed by atoms with E-state index in [0.717, 1.165) is 16.7 Å². The zero-order valence-electron chi connectivity index (χ0n) is 9.88. The average Bonchev–Trinajstić information content (AvgIpc) is 2.23. The summed E-state index contributed by atoms with van der Waals surface area (Å²) in [5.74, 6) is -0.953. The number of hydrogen-bond donors (Lipinski definition) is 1. The van der Waals surface area contributed by atoms with E-state index in [4.69, 9.17) is 0 Å². The van der Waals surface area contributed by atoms with Gasteiger partial charge in [-0.25, -0.2) is 0 Å². The molecule has 16 heavy (non-hydrogen) atoms. The van der Waals surface area contributed by atoms with Crippen molar-refractivity contribution in [2.75, 3.05) is 0 Å². The number of nitrogens with one attached hydrogen (secondary N) is 1. The summed E-state index contributed by atoms with van der Waals surface area (Å²) >= 11 is 0. The van der Waals surface area contributed by atoms with Gasteiger partial charge in [-0.15, -0.1) is 0 Å². The Balaban J connectivity index is 2.92. The van der Waals surface area contributed by atoms with Crippen molar-refractivity contribution in [2.45, 2.75) is 27.7 Å². The minimum absolute atomic E-state index is 0.407. The second-order valence-electron chi connectivity index (χ2n) is 3.70. The average molecular weight is 221 g/mol. The molecule has 0 aliphatic carbocycles. The van der Waals surface area contributed by atoms with Crippen LogP contribution in [0.5, 0.6) is 0 Å². The highest BCUT2D eigenvalue weighted by atomic mass is 16.7. The third kappa shape index (κ3) is 2.59. The van der Waals surface area contributed by atoms with Gasteiger partial charge in [0.25, 0.3) is 5.91 Å². The summed E-state index contributed by atoms with van der Waals surface area (Å²) in [6.07, 6.45) is 0. The molecule has 0 aliphatic heterocycles. The van der Waals surface area contributed by atoms with Gasteiger partial charge in [0, 0.05) is 12.5 Å². The lowest BCUT2D eigenvalue weighted by Crippen LogP contribution is -2.26. The highest BCUT2D eigenvalue weighted by Gasteiger charge is 2.12. The van der Waals surface area contributed by atoms with Gasteiger partial charge in [-0.2, -0.15) is 5.48 Å². The zero-order chi connectivity index (χ0) is 12.3. The third-order valence-corrected chi connectivity index (χ3v) is 2.59. The largest absolute Gasteiger partial charge is 0.341 e. The van der Waals surface area contributed by atoms with Crippen LogP contribution in [0, 0.1) is 20.8 Å². The normalized spacial score (nSPS) is 9.75. The van der Waals surface area contributed by atoms with Crippen molar-refractivity contribution < 1.29 is 14.4 Å². The standard InChI is InChI=1S/C12H15NO3/c1-7-5-6-11(9(3)8(7)2)12(15)13-16-10(4)14/h5-6H,1-4H3,(H,13,15). The Hall–Kier alpha value is -1.84. The summed E-state index contributed by atoms with van der Waals surface area (Å²) in [6, 6.07) is 3.58. The van der Waals surface area contributed by atoms with Gasteiger partial charge >= 0.3 is 5.97 Å². The van der Waals surface area contributed by atoms with Gasteiger partial charge in [-0.1, -0.05) is 6.07 Å². The summed E-state index contributed by atoms with van der Waals surface area (Å²) in [5, 5.41) is 0. The van der Waals surface area contributed by atoms with Gasteiger partial charge in [-0.3, -0.25) is 9.59 Å². The second-order valence-corrected chi connectivity index (χ2v) is 3.70. The van der Waals surface area contributed by atoms with Crippen molar-refractivity contribution in [3.05, 3.63) is 34.4 Å². The van der Waals surface area contributed by atoms with Gasteiger partial charge in [0.05, 0.1) is 0 Å². The van der Waals surface area contributed by atoms with E-state index in [9.17, 15) is 9.59 Å². The van der Waals surface area contributed by atoms with Crippen molar-refractivity contribution in [3.63, 3.8) is 0 Å². The van der Waals surface area contributed by atoms with Crippen LogP contribution in [0.25, 0.3) is 0 Å². The molecule has 0 bridgehead atoms. The monoisotopic (exact) mass is 221 g/mol.